The van der Waals surface area contributed by atoms with Gasteiger partial charge in [0.2, 0.25) is 0 Å². The predicted molar refractivity (Wildman–Crippen MR) is 92.3 cm³/mol. The molecule has 2 aromatic rings. The molecule has 2 rings (SSSR count). The molecule has 0 fully saturated rings. The summed E-state index contributed by atoms with van der Waals surface area (Å²) in [5, 5.41) is 0. The molecular weight excluding hydrogens is 485 g/mol. The zero-order chi connectivity index (χ0) is 16.2. The van der Waals surface area contributed by atoms with Crippen molar-refractivity contribution in [3.05, 3.63) is 83.9 Å². The molecule has 0 saturated carbocycles. The first-order valence-electron chi connectivity index (χ1n) is 7.05. The fourth-order valence-electron chi connectivity index (χ4n) is 1.56. The van der Waals surface area contributed by atoms with Crippen LogP contribution in [0.15, 0.2) is 72.8 Å². The Morgan fingerprint density at radius 3 is 1.17 bits per heavy atom. The maximum Gasteiger partial charge on any atom is 0.152 e. The SMILES string of the molecule is CC(=O)C=Cc1ccccc1.CC(=O)C=Cc1ccccc1.[Pd].[Pd]. The molecule has 0 heterocycles. The fraction of sp³-hybridized carbons (Fsp3) is 0.100. The van der Waals surface area contributed by atoms with Crippen LogP contribution in [0.25, 0.3) is 12.2 Å². The maximum absolute atomic E-state index is 10.5. The van der Waals surface area contributed by atoms with E-state index in [4.69, 9.17) is 0 Å². The molecule has 132 valence electrons. The molecule has 0 bridgehead atoms. The Morgan fingerprint density at radius 2 is 0.917 bits per heavy atom. The number of benzene rings is 2. The topological polar surface area (TPSA) is 34.1 Å². The quantitative estimate of drug-likeness (QED) is 0.451. The molecule has 24 heavy (non-hydrogen) atoms. The van der Waals surface area contributed by atoms with Gasteiger partial charge in [-0.2, -0.15) is 0 Å². The average Bonchev–Trinajstić information content (AvgIpc) is 2.53. The van der Waals surface area contributed by atoms with Gasteiger partial charge in [0.05, 0.1) is 0 Å². The van der Waals surface area contributed by atoms with Crippen LogP contribution >= 0.6 is 0 Å². The molecular formula is C20H20O2Pd2. The van der Waals surface area contributed by atoms with E-state index in [0.29, 0.717) is 0 Å². The summed E-state index contributed by atoms with van der Waals surface area (Å²) >= 11 is 0. The van der Waals surface area contributed by atoms with Crippen molar-refractivity contribution < 1.29 is 50.4 Å². The van der Waals surface area contributed by atoms with Crippen LogP contribution in [0.1, 0.15) is 25.0 Å². The van der Waals surface area contributed by atoms with Crippen LogP contribution in [0.4, 0.5) is 0 Å². The first kappa shape index (κ1) is 24.8. The van der Waals surface area contributed by atoms with E-state index in [1.165, 1.54) is 0 Å². The standard InChI is InChI=1S/2C10H10O.2Pd/c2*1-9(11)7-8-10-5-3-2-4-6-10;;/h2*2-8H,1H3;;. The van der Waals surface area contributed by atoms with Gasteiger partial charge in [0.25, 0.3) is 0 Å². The summed E-state index contributed by atoms with van der Waals surface area (Å²) in [6, 6.07) is 19.5. The van der Waals surface area contributed by atoms with E-state index in [0.717, 1.165) is 11.1 Å². The van der Waals surface area contributed by atoms with Crippen LogP contribution in [0.3, 0.4) is 0 Å². The summed E-state index contributed by atoms with van der Waals surface area (Å²) in [5.41, 5.74) is 2.12. The minimum Gasteiger partial charge on any atom is -0.295 e. The van der Waals surface area contributed by atoms with Crippen LogP contribution in [0, 0.1) is 0 Å². The summed E-state index contributed by atoms with van der Waals surface area (Å²) in [6.07, 6.45) is 6.75. The smallest absolute Gasteiger partial charge is 0.152 e. The first-order chi connectivity index (χ1) is 10.6. The molecule has 0 amide bonds. The minimum absolute atomic E-state index is 0. The van der Waals surface area contributed by atoms with Gasteiger partial charge < -0.3 is 0 Å². The van der Waals surface area contributed by atoms with Crippen LogP contribution in [0.5, 0.6) is 0 Å². The fourth-order valence-corrected chi connectivity index (χ4v) is 1.56. The van der Waals surface area contributed by atoms with Gasteiger partial charge in [-0.25, -0.2) is 0 Å². The molecule has 0 aliphatic heterocycles. The Kier molecular flexibility index (Phi) is 15.7. The third-order valence-electron chi connectivity index (χ3n) is 2.62. The molecule has 0 spiro atoms. The van der Waals surface area contributed by atoms with Gasteiger partial charge in [-0.3, -0.25) is 9.59 Å². The molecule has 0 unspecified atom stereocenters. The summed E-state index contributed by atoms with van der Waals surface area (Å²) in [7, 11) is 0. The molecule has 0 N–H and O–H groups in total. The number of hydrogen-bond donors (Lipinski definition) is 0. The van der Waals surface area contributed by atoms with Gasteiger partial charge in [-0.15, -0.1) is 0 Å². The molecule has 0 atom stereocenters. The van der Waals surface area contributed by atoms with Crippen molar-refractivity contribution in [1.82, 2.24) is 0 Å². The molecule has 0 saturated heterocycles. The molecule has 2 aromatic carbocycles. The third-order valence-corrected chi connectivity index (χ3v) is 2.62. The second-order valence-corrected chi connectivity index (χ2v) is 4.71. The van der Waals surface area contributed by atoms with Crippen LogP contribution in [0.2, 0.25) is 0 Å². The van der Waals surface area contributed by atoms with Crippen molar-refractivity contribution in [2.45, 2.75) is 13.8 Å². The monoisotopic (exact) mass is 504 g/mol. The van der Waals surface area contributed by atoms with Crippen LogP contribution in [-0.4, -0.2) is 11.6 Å². The Balaban J connectivity index is 0. The summed E-state index contributed by atoms with van der Waals surface area (Å²) in [6.45, 7) is 3.08. The molecule has 0 radical (unpaired) electrons. The number of hydrogen-bond acceptors (Lipinski definition) is 2. The Morgan fingerprint density at radius 1 is 0.625 bits per heavy atom. The Hall–Kier alpha value is -1.42. The second-order valence-electron chi connectivity index (χ2n) is 4.71. The van der Waals surface area contributed by atoms with E-state index in [1.54, 1.807) is 26.0 Å². The Labute approximate surface area is 171 Å². The van der Waals surface area contributed by atoms with Crippen LogP contribution in [-0.2, 0) is 50.4 Å². The van der Waals surface area contributed by atoms with Gasteiger partial charge >= 0.3 is 0 Å². The summed E-state index contributed by atoms with van der Waals surface area (Å²) in [4.78, 5) is 21.1. The van der Waals surface area contributed by atoms with E-state index in [9.17, 15) is 9.59 Å². The van der Waals surface area contributed by atoms with Gasteiger partial charge in [0.1, 0.15) is 0 Å². The van der Waals surface area contributed by atoms with Crippen molar-refractivity contribution in [2.24, 2.45) is 0 Å². The van der Waals surface area contributed by atoms with Crippen molar-refractivity contribution in [2.75, 3.05) is 0 Å². The van der Waals surface area contributed by atoms with Gasteiger partial charge in [0, 0.05) is 40.8 Å². The van der Waals surface area contributed by atoms with Gasteiger partial charge in [-0.1, -0.05) is 72.8 Å². The van der Waals surface area contributed by atoms with Crippen molar-refractivity contribution in [3.63, 3.8) is 0 Å². The number of rotatable bonds is 4. The average molecular weight is 505 g/mol. The molecule has 0 aliphatic rings. The first-order valence-corrected chi connectivity index (χ1v) is 7.05. The largest absolute Gasteiger partial charge is 0.295 e. The molecule has 2 nitrogen and oxygen atoms in total. The summed E-state index contributed by atoms with van der Waals surface area (Å²) in [5.74, 6) is 0.155. The zero-order valence-electron chi connectivity index (χ0n) is 13.5. The summed E-state index contributed by atoms with van der Waals surface area (Å²) < 4.78 is 0. The van der Waals surface area contributed by atoms with Crippen molar-refractivity contribution in [1.29, 1.82) is 0 Å². The number of carbonyl (C=O) groups is 2. The van der Waals surface area contributed by atoms with E-state index >= 15 is 0 Å². The zero-order valence-corrected chi connectivity index (χ0v) is 16.6. The molecule has 0 aliphatic carbocycles. The van der Waals surface area contributed by atoms with Crippen molar-refractivity contribution in [3.8, 4) is 0 Å². The number of ketones is 2. The number of allylic oxidation sites excluding steroid dienone is 2. The van der Waals surface area contributed by atoms with Crippen molar-refractivity contribution >= 4 is 23.7 Å². The van der Waals surface area contributed by atoms with E-state index < -0.39 is 0 Å². The maximum atomic E-state index is 10.5. The third kappa shape index (κ3) is 13.1. The molecule has 0 aromatic heterocycles. The van der Waals surface area contributed by atoms with E-state index in [2.05, 4.69) is 0 Å². The van der Waals surface area contributed by atoms with E-state index in [-0.39, 0.29) is 52.4 Å². The molecule has 4 heteroatoms. The predicted octanol–water partition coefficient (Wildman–Crippen LogP) is 4.57. The Bertz CT molecular complexity index is 588. The van der Waals surface area contributed by atoms with Gasteiger partial charge in [0.15, 0.2) is 11.6 Å². The van der Waals surface area contributed by atoms with Gasteiger partial charge in [-0.05, 0) is 37.1 Å². The minimum atomic E-state index is 0. The second kappa shape index (κ2) is 15.1. The number of carbonyl (C=O) groups excluding carboxylic acids is 2. The normalized spacial score (nSPS) is 9.42. The van der Waals surface area contributed by atoms with E-state index in [1.807, 2.05) is 72.8 Å². The van der Waals surface area contributed by atoms with Crippen LogP contribution < -0.4 is 0 Å².